The third-order valence-corrected chi connectivity index (χ3v) is 3.11. The van der Waals surface area contributed by atoms with E-state index in [4.69, 9.17) is 0 Å². The van der Waals surface area contributed by atoms with Gasteiger partial charge < -0.3 is 5.32 Å². The minimum absolute atomic E-state index is 0.0285. The number of carbonyl (C=O) groups is 1. The summed E-state index contributed by atoms with van der Waals surface area (Å²) in [6.07, 6.45) is 10.3. The fourth-order valence-electron chi connectivity index (χ4n) is 2.12. The fourth-order valence-corrected chi connectivity index (χ4v) is 2.12. The van der Waals surface area contributed by atoms with Crippen LogP contribution in [-0.2, 0) is 0 Å². The summed E-state index contributed by atoms with van der Waals surface area (Å²) in [6, 6.07) is 9.60. The van der Waals surface area contributed by atoms with Gasteiger partial charge in [0.05, 0.1) is 0 Å². The van der Waals surface area contributed by atoms with Crippen molar-refractivity contribution in [3.05, 3.63) is 48.0 Å². The van der Waals surface area contributed by atoms with Crippen LogP contribution in [0.1, 0.15) is 42.5 Å². The van der Waals surface area contributed by atoms with Crippen molar-refractivity contribution in [1.82, 2.24) is 5.32 Å². The number of hydrogen-bond acceptors (Lipinski definition) is 1. The van der Waals surface area contributed by atoms with Crippen LogP contribution in [0.2, 0.25) is 0 Å². The second kappa shape index (κ2) is 6.24. The van der Waals surface area contributed by atoms with Crippen LogP contribution < -0.4 is 5.32 Å². The van der Waals surface area contributed by atoms with Gasteiger partial charge in [0.25, 0.3) is 5.91 Å². The quantitative estimate of drug-likeness (QED) is 0.774. The molecule has 1 amide bonds. The molecule has 1 aromatic rings. The zero-order chi connectivity index (χ0) is 11.9. The third-order valence-electron chi connectivity index (χ3n) is 3.11. The zero-order valence-electron chi connectivity index (χ0n) is 10.1. The highest BCUT2D eigenvalue weighted by Crippen LogP contribution is 2.12. The molecule has 1 aliphatic rings. The van der Waals surface area contributed by atoms with Crippen LogP contribution in [0.4, 0.5) is 0 Å². The van der Waals surface area contributed by atoms with E-state index in [1.807, 2.05) is 30.3 Å². The maximum Gasteiger partial charge on any atom is 0.251 e. The van der Waals surface area contributed by atoms with Crippen molar-refractivity contribution in [1.29, 1.82) is 0 Å². The Kier molecular flexibility index (Phi) is 4.37. The monoisotopic (exact) mass is 229 g/mol. The van der Waals surface area contributed by atoms with Crippen LogP contribution in [0.5, 0.6) is 0 Å². The van der Waals surface area contributed by atoms with Gasteiger partial charge in [-0.2, -0.15) is 0 Å². The van der Waals surface area contributed by atoms with Crippen molar-refractivity contribution in [2.24, 2.45) is 0 Å². The molecule has 1 aromatic carbocycles. The molecule has 0 aliphatic heterocycles. The summed E-state index contributed by atoms with van der Waals surface area (Å²) >= 11 is 0. The Morgan fingerprint density at radius 3 is 2.76 bits per heavy atom. The third kappa shape index (κ3) is 3.74. The normalized spacial score (nSPS) is 22.2. The topological polar surface area (TPSA) is 29.1 Å². The first-order valence-electron chi connectivity index (χ1n) is 6.39. The van der Waals surface area contributed by atoms with Crippen LogP contribution in [0, 0.1) is 0 Å². The van der Waals surface area contributed by atoms with E-state index in [1.54, 1.807) is 0 Å². The first-order chi connectivity index (χ1) is 8.36. The van der Waals surface area contributed by atoms with Crippen LogP contribution >= 0.6 is 0 Å². The summed E-state index contributed by atoms with van der Waals surface area (Å²) in [5.74, 6) is 0.0285. The van der Waals surface area contributed by atoms with Gasteiger partial charge in [-0.25, -0.2) is 0 Å². The molecule has 90 valence electrons. The summed E-state index contributed by atoms with van der Waals surface area (Å²) in [6.45, 7) is 0. The van der Waals surface area contributed by atoms with Crippen LogP contribution in [0.3, 0.4) is 0 Å². The second-order valence-electron chi connectivity index (χ2n) is 4.51. The molecule has 0 aromatic heterocycles. The Morgan fingerprint density at radius 1 is 1.12 bits per heavy atom. The zero-order valence-corrected chi connectivity index (χ0v) is 10.1. The van der Waals surface area contributed by atoms with Gasteiger partial charge in [0.15, 0.2) is 0 Å². The molecule has 1 aliphatic carbocycles. The Labute approximate surface area is 103 Å². The molecule has 0 saturated heterocycles. The lowest BCUT2D eigenvalue weighted by molar-refractivity contribution is 0.0942. The number of carbonyl (C=O) groups excluding carboxylic acids is 1. The van der Waals surface area contributed by atoms with Crippen molar-refractivity contribution in [2.45, 2.75) is 38.1 Å². The molecule has 0 radical (unpaired) electrons. The molecule has 1 atom stereocenters. The van der Waals surface area contributed by atoms with E-state index >= 15 is 0 Å². The summed E-state index contributed by atoms with van der Waals surface area (Å²) in [7, 11) is 0. The molecule has 2 nitrogen and oxygen atoms in total. The van der Waals surface area contributed by atoms with Crippen molar-refractivity contribution >= 4 is 5.91 Å². The first-order valence-corrected chi connectivity index (χ1v) is 6.39. The highest BCUT2D eigenvalue weighted by molar-refractivity contribution is 5.94. The van der Waals surface area contributed by atoms with Gasteiger partial charge in [-0.05, 0) is 31.4 Å². The minimum Gasteiger partial charge on any atom is -0.346 e. The largest absolute Gasteiger partial charge is 0.346 e. The smallest absolute Gasteiger partial charge is 0.251 e. The fraction of sp³-hybridized carbons (Fsp3) is 0.400. The highest BCUT2D eigenvalue weighted by atomic mass is 16.1. The summed E-state index contributed by atoms with van der Waals surface area (Å²) in [5, 5.41) is 3.08. The van der Waals surface area contributed by atoms with Crippen molar-refractivity contribution in [2.75, 3.05) is 0 Å². The molecule has 0 spiro atoms. The molecular weight excluding hydrogens is 210 g/mol. The molecule has 0 bridgehead atoms. The predicted octanol–water partition coefficient (Wildman–Crippen LogP) is 3.31. The van der Waals surface area contributed by atoms with Crippen molar-refractivity contribution < 1.29 is 4.79 Å². The molecule has 2 rings (SSSR count). The molecule has 17 heavy (non-hydrogen) atoms. The van der Waals surface area contributed by atoms with E-state index in [0.29, 0.717) is 0 Å². The molecule has 1 unspecified atom stereocenters. The van der Waals surface area contributed by atoms with Crippen LogP contribution in [-0.4, -0.2) is 11.9 Å². The molecule has 0 fully saturated rings. The number of amides is 1. The minimum atomic E-state index is 0.0285. The van der Waals surface area contributed by atoms with E-state index in [9.17, 15) is 4.79 Å². The van der Waals surface area contributed by atoms with Gasteiger partial charge in [-0.3, -0.25) is 4.79 Å². The summed E-state index contributed by atoms with van der Waals surface area (Å²) in [4.78, 5) is 12.0. The van der Waals surface area contributed by atoms with E-state index in [2.05, 4.69) is 17.5 Å². The first kappa shape index (κ1) is 11.9. The van der Waals surface area contributed by atoms with Crippen molar-refractivity contribution in [3.8, 4) is 0 Å². The summed E-state index contributed by atoms with van der Waals surface area (Å²) in [5.41, 5.74) is 0.739. The standard InChI is InChI=1S/C15H19NO/c17-15(13-9-5-4-6-10-13)16-14-11-7-2-1-3-8-12-14/h4-7,9-11,14H,1-3,8,12H2,(H,16,17)/b11-7-. The van der Waals surface area contributed by atoms with Gasteiger partial charge in [0.1, 0.15) is 0 Å². The maximum absolute atomic E-state index is 12.0. The van der Waals surface area contributed by atoms with Gasteiger partial charge >= 0.3 is 0 Å². The molecule has 1 N–H and O–H groups in total. The lowest BCUT2D eigenvalue weighted by Gasteiger charge is -2.16. The van der Waals surface area contributed by atoms with Gasteiger partial charge in [-0.1, -0.05) is 43.2 Å². The van der Waals surface area contributed by atoms with Crippen LogP contribution in [0.25, 0.3) is 0 Å². The number of benzene rings is 1. The number of hydrogen-bond donors (Lipinski definition) is 1. The van der Waals surface area contributed by atoms with Crippen molar-refractivity contribution in [3.63, 3.8) is 0 Å². The molecule has 0 saturated carbocycles. The van der Waals surface area contributed by atoms with E-state index in [-0.39, 0.29) is 11.9 Å². The predicted molar refractivity (Wildman–Crippen MR) is 69.9 cm³/mol. The number of nitrogens with one attached hydrogen (secondary N) is 1. The van der Waals surface area contributed by atoms with Gasteiger partial charge in [-0.15, -0.1) is 0 Å². The molecule has 2 heteroatoms. The Bertz CT molecular complexity index is 383. The number of allylic oxidation sites excluding steroid dienone is 1. The van der Waals surface area contributed by atoms with E-state index < -0.39 is 0 Å². The van der Waals surface area contributed by atoms with Gasteiger partial charge in [0, 0.05) is 11.6 Å². The van der Waals surface area contributed by atoms with Gasteiger partial charge in [0.2, 0.25) is 0 Å². The Balaban J connectivity index is 1.95. The Morgan fingerprint density at radius 2 is 1.94 bits per heavy atom. The van der Waals surface area contributed by atoms with E-state index in [0.717, 1.165) is 18.4 Å². The maximum atomic E-state index is 12.0. The van der Waals surface area contributed by atoms with E-state index in [1.165, 1.54) is 19.3 Å². The second-order valence-corrected chi connectivity index (χ2v) is 4.51. The average Bonchev–Trinajstić information content (AvgIpc) is 2.33. The average molecular weight is 229 g/mol. The number of rotatable bonds is 2. The lowest BCUT2D eigenvalue weighted by Crippen LogP contribution is -2.33. The molecular formula is C15H19NO. The van der Waals surface area contributed by atoms with Crippen LogP contribution in [0.15, 0.2) is 42.5 Å². The SMILES string of the molecule is O=C(NC1/C=C\CCCCC1)c1ccccc1. The summed E-state index contributed by atoms with van der Waals surface area (Å²) < 4.78 is 0. The lowest BCUT2D eigenvalue weighted by atomic mass is 10.0. The highest BCUT2D eigenvalue weighted by Gasteiger charge is 2.11. The Hall–Kier alpha value is -1.57. The molecule has 0 heterocycles.